The summed E-state index contributed by atoms with van der Waals surface area (Å²) in [5.74, 6) is -1.73. The number of carboxylic acids is 1. The average Bonchev–Trinajstić information content (AvgIpc) is 2.65. The fraction of sp³-hybridized carbons (Fsp3) is 0.818. The third-order valence-corrected chi connectivity index (χ3v) is 3.45. The number of hydrogen-bond acceptors (Lipinski definition) is 3. The van der Waals surface area contributed by atoms with Crippen LogP contribution < -0.4 is 11.1 Å². The second kappa shape index (κ2) is 4.82. The van der Waals surface area contributed by atoms with E-state index < -0.39 is 23.5 Å². The van der Waals surface area contributed by atoms with Gasteiger partial charge < -0.3 is 16.2 Å². The minimum Gasteiger partial charge on any atom is -0.481 e. The third kappa shape index (κ3) is 2.72. The van der Waals surface area contributed by atoms with Gasteiger partial charge in [0, 0.05) is 6.04 Å². The molecule has 1 saturated carbocycles. The van der Waals surface area contributed by atoms with E-state index in [2.05, 4.69) is 5.32 Å². The Bertz CT molecular complexity index is 285. The molecule has 0 radical (unpaired) electrons. The molecule has 0 aromatic carbocycles. The van der Waals surface area contributed by atoms with Crippen molar-refractivity contribution in [3.8, 4) is 0 Å². The Morgan fingerprint density at radius 3 is 2.25 bits per heavy atom. The number of aliphatic carboxylic acids is 1. The highest BCUT2D eigenvalue weighted by atomic mass is 16.4. The van der Waals surface area contributed by atoms with Crippen molar-refractivity contribution in [2.75, 3.05) is 0 Å². The Morgan fingerprint density at radius 2 is 1.81 bits per heavy atom. The normalized spacial score (nSPS) is 22.4. The van der Waals surface area contributed by atoms with Gasteiger partial charge in [-0.2, -0.15) is 0 Å². The number of carbonyl (C=O) groups is 2. The zero-order valence-corrected chi connectivity index (χ0v) is 9.82. The lowest BCUT2D eigenvalue weighted by Gasteiger charge is -2.26. The van der Waals surface area contributed by atoms with Crippen LogP contribution in [0.4, 0.5) is 0 Å². The number of nitrogens with one attached hydrogen (secondary N) is 1. The van der Waals surface area contributed by atoms with Crippen molar-refractivity contribution in [1.29, 1.82) is 0 Å². The van der Waals surface area contributed by atoms with E-state index in [1.54, 1.807) is 13.8 Å². The fourth-order valence-corrected chi connectivity index (χ4v) is 1.92. The second-order valence-corrected chi connectivity index (χ2v) is 4.75. The van der Waals surface area contributed by atoms with Crippen LogP contribution in [0.5, 0.6) is 0 Å². The van der Waals surface area contributed by atoms with E-state index >= 15 is 0 Å². The monoisotopic (exact) mass is 228 g/mol. The van der Waals surface area contributed by atoms with Gasteiger partial charge in [0.05, 0.1) is 11.5 Å². The number of rotatable bonds is 4. The van der Waals surface area contributed by atoms with E-state index in [0.717, 1.165) is 12.8 Å². The molecule has 0 spiro atoms. The molecule has 0 aromatic rings. The summed E-state index contributed by atoms with van der Waals surface area (Å²) in [7, 11) is 0. The Hall–Kier alpha value is -1.10. The summed E-state index contributed by atoms with van der Waals surface area (Å²) in [4.78, 5) is 22.6. The molecule has 5 heteroatoms. The van der Waals surface area contributed by atoms with Crippen LogP contribution >= 0.6 is 0 Å². The maximum Gasteiger partial charge on any atom is 0.308 e. The zero-order chi connectivity index (χ0) is 12.3. The highest BCUT2D eigenvalue weighted by Gasteiger charge is 2.38. The molecule has 2 atom stereocenters. The van der Waals surface area contributed by atoms with Gasteiger partial charge in [0.15, 0.2) is 0 Å². The van der Waals surface area contributed by atoms with Crippen LogP contribution in [0.1, 0.15) is 39.5 Å². The molecule has 2 unspecified atom stereocenters. The lowest BCUT2D eigenvalue weighted by Crippen LogP contribution is -2.55. The van der Waals surface area contributed by atoms with E-state index in [4.69, 9.17) is 10.8 Å². The standard InChI is InChI=1S/C11H20N2O3/c1-7(9(14)15)8(2)13-10(16)11(12)5-3-4-6-11/h7-8H,3-6,12H2,1-2H3,(H,13,16)(H,14,15). The summed E-state index contributed by atoms with van der Waals surface area (Å²) >= 11 is 0. The summed E-state index contributed by atoms with van der Waals surface area (Å²) in [6, 6.07) is -0.397. The lowest BCUT2D eigenvalue weighted by atomic mass is 9.96. The van der Waals surface area contributed by atoms with Crippen molar-refractivity contribution in [2.24, 2.45) is 11.7 Å². The van der Waals surface area contributed by atoms with Crippen LogP contribution in [0.25, 0.3) is 0 Å². The van der Waals surface area contributed by atoms with E-state index in [1.165, 1.54) is 0 Å². The van der Waals surface area contributed by atoms with Crippen LogP contribution in [0.2, 0.25) is 0 Å². The molecule has 0 aromatic heterocycles. The number of amides is 1. The van der Waals surface area contributed by atoms with Crippen LogP contribution in [0.15, 0.2) is 0 Å². The number of carbonyl (C=O) groups excluding carboxylic acids is 1. The van der Waals surface area contributed by atoms with Gasteiger partial charge in [-0.1, -0.05) is 12.8 Å². The first-order chi connectivity index (χ1) is 7.37. The van der Waals surface area contributed by atoms with Crippen molar-refractivity contribution >= 4 is 11.9 Å². The molecule has 0 bridgehead atoms. The Morgan fingerprint density at radius 1 is 1.31 bits per heavy atom. The molecule has 92 valence electrons. The van der Waals surface area contributed by atoms with E-state index in [0.29, 0.717) is 12.8 Å². The molecule has 1 aliphatic rings. The molecule has 1 rings (SSSR count). The van der Waals surface area contributed by atoms with Crippen molar-refractivity contribution in [1.82, 2.24) is 5.32 Å². The fourth-order valence-electron chi connectivity index (χ4n) is 1.92. The first kappa shape index (κ1) is 13.0. The summed E-state index contributed by atoms with van der Waals surface area (Å²) in [5, 5.41) is 11.5. The van der Waals surface area contributed by atoms with Crippen LogP contribution in [-0.2, 0) is 9.59 Å². The molecule has 5 nitrogen and oxygen atoms in total. The molecule has 16 heavy (non-hydrogen) atoms. The molecule has 4 N–H and O–H groups in total. The first-order valence-corrected chi connectivity index (χ1v) is 5.69. The lowest BCUT2D eigenvalue weighted by molar-refractivity contribution is -0.142. The van der Waals surface area contributed by atoms with Gasteiger partial charge in [0.25, 0.3) is 0 Å². The molecule has 0 aliphatic heterocycles. The van der Waals surface area contributed by atoms with Gasteiger partial charge in [0.2, 0.25) is 5.91 Å². The second-order valence-electron chi connectivity index (χ2n) is 4.75. The SMILES string of the molecule is CC(NC(=O)C1(N)CCCC1)C(C)C(=O)O. The zero-order valence-electron chi connectivity index (χ0n) is 9.82. The molecule has 0 saturated heterocycles. The predicted molar refractivity (Wildman–Crippen MR) is 59.8 cm³/mol. The van der Waals surface area contributed by atoms with Crippen molar-refractivity contribution in [3.05, 3.63) is 0 Å². The summed E-state index contributed by atoms with van der Waals surface area (Å²) in [6.45, 7) is 3.26. The highest BCUT2D eigenvalue weighted by Crippen LogP contribution is 2.27. The molecule has 0 heterocycles. The Labute approximate surface area is 95.4 Å². The van der Waals surface area contributed by atoms with Crippen LogP contribution in [-0.4, -0.2) is 28.6 Å². The number of carboxylic acid groups (broad SMARTS) is 1. The van der Waals surface area contributed by atoms with Gasteiger partial charge >= 0.3 is 5.97 Å². The largest absolute Gasteiger partial charge is 0.481 e. The molecular formula is C11H20N2O3. The molecule has 1 aliphatic carbocycles. The smallest absolute Gasteiger partial charge is 0.308 e. The maximum atomic E-state index is 11.9. The van der Waals surface area contributed by atoms with Crippen LogP contribution in [0, 0.1) is 5.92 Å². The van der Waals surface area contributed by atoms with E-state index in [9.17, 15) is 9.59 Å². The van der Waals surface area contributed by atoms with E-state index in [-0.39, 0.29) is 5.91 Å². The summed E-state index contributed by atoms with van der Waals surface area (Å²) < 4.78 is 0. The van der Waals surface area contributed by atoms with Gasteiger partial charge in [-0.15, -0.1) is 0 Å². The van der Waals surface area contributed by atoms with Crippen LogP contribution in [0.3, 0.4) is 0 Å². The van der Waals surface area contributed by atoms with Crippen molar-refractivity contribution < 1.29 is 14.7 Å². The summed E-state index contributed by atoms with van der Waals surface area (Å²) in [6.07, 6.45) is 3.31. The number of nitrogens with two attached hydrogens (primary N) is 1. The van der Waals surface area contributed by atoms with E-state index in [1.807, 2.05) is 0 Å². The Balaban J connectivity index is 2.54. The van der Waals surface area contributed by atoms with Crippen molar-refractivity contribution in [3.63, 3.8) is 0 Å². The highest BCUT2D eigenvalue weighted by molar-refractivity contribution is 5.87. The summed E-state index contributed by atoms with van der Waals surface area (Å²) in [5.41, 5.74) is 5.18. The van der Waals surface area contributed by atoms with Gasteiger partial charge in [0.1, 0.15) is 0 Å². The third-order valence-electron chi connectivity index (χ3n) is 3.45. The predicted octanol–water partition coefficient (Wildman–Crippen LogP) is 0.483. The van der Waals surface area contributed by atoms with Crippen molar-refractivity contribution in [2.45, 2.75) is 51.1 Å². The number of hydrogen-bond donors (Lipinski definition) is 3. The first-order valence-electron chi connectivity index (χ1n) is 5.69. The average molecular weight is 228 g/mol. The Kier molecular flexibility index (Phi) is 3.91. The molecule has 1 amide bonds. The van der Waals surface area contributed by atoms with Gasteiger partial charge in [-0.25, -0.2) is 0 Å². The molecular weight excluding hydrogens is 208 g/mol. The topological polar surface area (TPSA) is 92.4 Å². The van der Waals surface area contributed by atoms with Gasteiger partial charge in [-0.3, -0.25) is 9.59 Å². The quantitative estimate of drug-likeness (QED) is 0.652. The maximum absolute atomic E-state index is 11.9. The minimum absolute atomic E-state index is 0.217. The van der Waals surface area contributed by atoms with Gasteiger partial charge in [-0.05, 0) is 26.7 Å². The molecule has 1 fully saturated rings. The minimum atomic E-state index is -0.912.